The summed E-state index contributed by atoms with van der Waals surface area (Å²) in [6.07, 6.45) is 1.32. The third-order valence-electron chi connectivity index (χ3n) is 5.63. The number of hydrogen-bond donors (Lipinski definition) is 3. The molecular weight excluding hydrogens is 464 g/mol. The van der Waals surface area contributed by atoms with Gasteiger partial charge in [0, 0.05) is 19.6 Å². The van der Waals surface area contributed by atoms with Crippen LogP contribution in [0.2, 0.25) is 0 Å². The molecule has 0 radical (unpaired) electrons. The molecule has 3 N–H and O–H groups in total. The van der Waals surface area contributed by atoms with E-state index >= 15 is 0 Å². The molecule has 1 atom stereocenters. The first-order valence-electron chi connectivity index (χ1n) is 11.7. The number of nitrogens with one attached hydrogen (secondary N) is 2. The summed E-state index contributed by atoms with van der Waals surface area (Å²) < 4.78 is 5.28. The zero-order valence-electron chi connectivity index (χ0n) is 21.5. The van der Waals surface area contributed by atoms with Gasteiger partial charge in [0.2, 0.25) is 0 Å². The van der Waals surface area contributed by atoms with Gasteiger partial charge in [0.25, 0.3) is 5.91 Å². The van der Waals surface area contributed by atoms with Crippen LogP contribution < -0.4 is 15.5 Å². The number of piperazine rings is 1. The molecule has 194 valence electrons. The standard InChI is InChI=1S/C25H34N6O5/c1-24(2,3)19-15-30(11-12-31(19)23(34)35)20-14-26-18(13-27-20)21(32)28-16-9-7-8-10-17(16)29-22(33)36-25(4,5)6/h7-10,13-14,19H,11-12,15H2,1-6H3,(H,28,32)(H,29,33)(H,34,35). The van der Waals surface area contributed by atoms with Crippen molar-refractivity contribution in [1.82, 2.24) is 14.9 Å². The second-order valence-electron chi connectivity index (χ2n) is 10.7. The van der Waals surface area contributed by atoms with Gasteiger partial charge in [-0.15, -0.1) is 0 Å². The van der Waals surface area contributed by atoms with Crippen LogP contribution in [0.4, 0.5) is 26.8 Å². The predicted molar refractivity (Wildman–Crippen MR) is 136 cm³/mol. The molecule has 1 unspecified atom stereocenters. The fourth-order valence-electron chi connectivity index (χ4n) is 3.86. The summed E-state index contributed by atoms with van der Waals surface area (Å²) in [7, 11) is 0. The van der Waals surface area contributed by atoms with Crippen molar-refractivity contribution in [3.05, 3.63) is 42.4 Å². The van der Waals surface area contributed by atoms with Crippen molar-refractivity contribution in [2.24, 2.45) is 5.41 Å². The summed E-state index contributed by atoms with van der Waals surface area (Å²) in [6.45, 7) is 12.6. The van der Waals surface area contributed by atoms with Gasteiger partial charge in [0.1, 0.15) is 17.1 Å². The summed E-state index contributed by atoms with van der Waals surface area (Å²) in [6, 6.07) is 6.54. The Kier molecular flexibility index (Phi) is 7.71. The van der Waals surface area contributed by atoms with Gasteiger partial charge in [-0.1, -0.05) is 32.9 Å². The molecule has 36 heavy (non-hydrogen) atoms. The van der Waals surface area contributed by atoms with E-state index < -0.39 is 23.7 Å². The van der Waals surface area contributed by atoms with Crippen LogP contribution in [0.1, 0.15) is 52.0 Å². The Bertz CT molecular complexity index is 1110. The Morgan fingerprint density at radius 2 is 1.61 bits per heavy atom. The molecule has 2 heterocycles. The van der Waals surface area contributed by atoms with E-state index in [9.17, 15) is 19.5 Å². The summed E-state index contributed by atoms with van der Waals surface area (Å²) in [4.78, 5) is 48.8. The van der Waals surface area contributed by atoms with Gasteiger partial charge in [-0.05, 0) is 38.3 Å². The molecule has 2 aromatic rings. The van der Waals surface area contributed by atoms with Crippen LogP contribution in [0.15, 0.2) is 36.7 Å². The number of carbonyl (C=O) groups excluding carboxylic acids is 2. The molecule has 1 saturated heterocycles. The normalized spacial score (nSPS) is 16.3. The van der Waals surface area contributed by atoms with Gasteiger partial charge in [-0.2, -0.15) is 0 Å². The number of nitrogens with zero attached hydrogens (tertiary/aromatic N) is 4. The molecule has 1 aromatic carbocycles. The zero-order chi connectivity index (χ0) is 26.7. The highest BCUT2D eigenvalue weighted by Gasteiger charge is 2.38. The van der Waals surface area contributed by atoms with E-state index in [-0.39, 0.29) is 17.2 Å². The van der Waals surface area contributed by atoms with E-state index in [0.717, 1.165) is 0 Å². The predicted octanol–water partition coefficient (Wildman–Crippen LogP) is 4.29. The van der Waals surface area contributed by atoms with E-state index in [0.29, 0.717) is 36.8 Å². The van der Waals surface area contributed by atoms with Crippen LogP contribution in [0.25, 0.3) is 0 Å². The lowest BCUT2D eigenvalue weighted by molar-refractivity contribution is 0.0635. The Hall–Kier alpha value is -3.89. The first kappa shape index (κ1) is 26.7. The molecule has 3 amide bonds. The molecule has 0 spiro atoms. The summed E-state index contributed by atoms with van der Waals surface area (Å²) in [5.41, 5.74) is -0.0497. The van der Waals surface area contributed by atoms with Crippen LogP contribution in [-0.2, 0) is 4.74 Å². The highest BCUT2D eigenvalue weighted by Crippen LogP contribution is 2.29. The topological polar surface area (TPSA) is 137 Å². The van der Waals surface area contributed by atoms with E-state index in [1.54, 1.807) is 45.0 Å². The van der Waals surface area contributed by atoms with E-state index in [4.69, 9.17) is 4.74 Å². The number of hydrogen-bond acceptors (Lipinski definition) is 7. The van der Waals surface area contributed by atoms with Crippen LogP contribution >= 0.6 is 0 Å². The van der Waals surface area contributed by atoms with Crippen LogP contribution in [0.5, 0.6) is 0 Å². The van der Waals surface area contributed by atoms with E-state index in [1.165, 1.54) is 17.3 Å². The smallest absolute Gasteiger partial charge is 0.412 e. The fourth-order valence-corrected chi connectivity index (χ4v) is 3.86. The summed E-state index contributed by atoms with van der Waals surface area (Å²) >= 11 is 0. The average molecular weight is 499 g/mol. The Balaban J connectivity index is 1.69. The number of aromatic nitrogens is 2. The van der Waals surface area contributed by atoms with Crippen molar-refractivity contribution in [1.29, 1.82) is 0 Å². The van der Waals surface area contributed by atoms with Gasteiger partial charge in [-0.25, -0.2) is 19.6 Å². The molecule has 0 bridgehead atoms. The number of rotatable bonds is 4. The number of anilines is 3. The lowest BCUT2D eigenvalue weighted by Gasteiger charge is -2.46. The SMILES string of the molecule is CC(C)(C)OC(=O)Nc1ccccc1NC(=O)c1cnc(N2CCN(C(=O)O)C(C(C)(C)C)C2)cn1. The number of benzene rings is 1. The third-order valence-corrected chi connectivity index (χ3v) is 5.63. The molecule has 0 aliphatic carbocycles. The third kappa shape index (κ3) is 6.83. The van der Waals surface area contributed by atoms with Gasteiger partial charge in [0.15, 0.2) is 0 Å². The number of amides is 3. The largest absolute Gasteiger partial charge is 0.465 e. The lowest BCUT2D eigenvalue weighted by Crippen LogP contribution is -2.59. The van der Waals surface area contributed by atoms with Gasteiger partial charge >= 0.3 is 12.2 Å². The lowest BCUT2D eigenvalue weighted by atomic mass is 9.84. The van der Waals surface area contributed by atoms with Crippen molar-refractivity contribution < 1.29 is 24.2 Å². The minimum atomic E-state index is -0.936. The highest BCUT2D eigenvalue weighted by atomic mass is 16.6. The monoisotopic (exact) mass is 498 g/mol. The average Bonchev–Trinajstić information content (AvgIpc) is 2.78. The first-order valence-corrected chi connectivity index (χ1v) is 11.7. The molecular formula is C25H34N6O5. The Morgan fingerprint density at radius 1 is 0.972 bits per heavy atom. The summed E-state index contributed by atoms with van der Waals surface area (Å²) in [5, 5.41) is 15.0. The van der Waals surface area contributed by atoms with Crippen LogP contribution in [0, 0.1) is 5.41 Å². The van der Waals surface area contributed by atoms with Crippen molar-refractivity contribution in [3.8, 4) is 0 Å². The van der Waals surface area contributed by atoms with Crippen molar-refractivity contribution in [2.75, 3.05) is 35.2 Å². The molecule has 1 aliphatic rings. The van der Waals surface area contributed by atoms with E-state index in [2.05, 4.69) is 20.6 Å². The van der Waals surface area contributed by atoms with Crippen molar-refractivity contribution >= 4 is 35.3 Å². The van der Waals surface area contributed by atoms with Gasteiger partial charge in [-0.3, -0.25) is 10.1 Å². The minimum Gasteiger partial charge on any atom is -0.465 e. The number of ether oxygens (including phenoxy) is 1. The van der Waals surface area contributed by atoms with Gasteiger partial charge < -0.3 is 25.0 Å². The van der Waals surface area contributed by atoms with Crippen molar-refractivity contribution in [2.45, 2.75) is 53.2 Å². The Labute approximate surface area is 210 Å². The molecule has 1 aliphatic heterocycles. The number of carboxylic acid groups (broad SMARTS) is 1. The first-order chi connectivity index (χ1) is 16.7. The molecule has 3 rings (SSSR count). The van der Waals surface area contributed by atoms with Crippen molar-refractivity contribution in [3.63, 3.8) is 0 Å². The van der Waals surface area contributed by atoms with Crippen LogP contribution in [0.3, 0.4) is 0 Å². The number of para-hydroxylation sites is 2. The van der Waals surface area contributed by atoms with Gasteiger partial charge in [0.05, 0.1) is 29.8 Å². The second-order valence-corrected chi connectivity index (χ2v) is 10.7. The minimum absolute atomic E-state index is 0.0994. The maximum absolute atomic E-state index is 12.8. The highest BCUT2D eigenvalue weighted by molar-refractivity contribution is 6.05. The zero-order valence-corrected chi connectivity index (χ0v) is 21.5. The maximum Gasteiger partial charge on any atom is 0.412 e. The quantitative estimate of drug-likeness (QED) is 0.568. The van der Waals surface area contributed by atoms with E-state index in [1.807, 2.05) is 25.7 Å². The molecule has 1 fully saturated rings. The molecule has 11 nitrogen and oxygen atoms in total. The molecule has 0 saturated carbocycles. The summed E-state index contributed by atoms with van der Waals surface area (Å²) in [5.74, 6) is 0.0774. The Morgan fingerprint density at radius 3 is 2.14 bits per heavy atom. The second kappa shape index (κ2) is 10.4. The fraction of sp³-hybridized carbons (Fsp3) is 0.480. The van der Waals surface area contributed by atoms with Crippen LogP contribution in [-0.4, -0.2) is 69.3 Å². The molecule has 1 aromatic heterocycles. The maximum atomic E-state index is 12.8. The number of carbonyl (C=O) groups is 3. The molecule has 11 heteroatoms.